The summed E-state index contributed by atoms with van der Waals surface area (Å²) < 4.78 is 0. The normalized spacial score (nSPS) is 14.8. The van der Waals surface area contributed by atoms with Gasteiger partial charge in [-0.05, 0) is 25.0 Å². The van der Waals surface area contributed by atoms with E-state index in [2.05, 4.69) is 10.3 Å². The fourth-order valence-electron chi connectivity index (χ4n) is 1.53. The molecule has 1 aliphatic carbocycles. The van der Waals surface area contributed by atoms with Crippen LogP contribution in [0.2, 0.25) is 0 Å². The van der Waals surface area contributed by atoms with Gasteiger partial charge in [0.2, 0.25) is 0 Å². The van der Waals surface area contributed by atoms with E-state index in [-0.39, 0.29) is 5.91 Å². The number of hydrogen-bond acceptors (Lipinski definition) is 3. The zero-order valence-corrected chi connectivity index (χ0v) is 9.03. The summed E-state index contributed by atoms with van der Waals surface area (Å²) in [5, 5.41) is 2.92. The molecule has 1 aromatic heterocycles. The van der Waals surface area contributed by atoms with Crippen LogP contribution in [-0.2, 0) is 0 Å². The average Bonchev–Trinajstić information content (AvgIpc) is 3.11. The molecule has 0 aliphatic heterocycles. The molecule has 1 fully saturated rings. The lowest BCUT2D eigenvalue weighted by Gasteiger charge is -2.16. The summed E-state index contributed by atoms with van der Waals surface area (Å²) in [6, 6.07) is 3.98. The first-order valence-corrected chi connectivity index (χ1v) is 5.13. The van der Waals surface area contributed by atoms with Crippen molar-refractivity contribution in [2.75, 3.05) is 19.4 Å². The number of hydrogen-bond donors (Lipinski definition) is 1. The third-order valence-electron chi connectivity index (χ3n) is 2.68. The molecule has 4 heteroatoms. The second-order valence-corrected chi connectivity index (χ2v) is 3.83. The zero-order valence-electron chi connectivity index (χ0n) is 9.03. The summed E-state index contributed by atoms with van der Waals surface area (Å²) in [5.74, 6) is 0.807. The van der Waals surface area contributed by atoms with Gasteiger partial charge in [-0.25, -0.2) is 4.98 Å². The predicted octanol–water partition coefficient (Wildman–Crippen LogP) is 1.36. The number of rotatable bonds is 3. The number of amides is 1. The molecular weight excluding hydrogens is 190 g/mol. The van der Waals surface area contributed by atoms with Crippen molar-refractivity contribution < 1.29 is 4.79 Å². The minimum atomic E-state index is 0.0800. The first-order chi connectivity index (χ1) is 7.22. The van der Waals surface area contributed by atoms with Gasteiger partial charge in [-0.2, -0.15) is 0 Å². The fourth-order valence-corrected chi connectivity index (χ4v) is 1.53. The van der Waals surface area contributed by atoms with E-state index in [1.807, 2.05) is 11.9 Å². The lowest BCUT2D eigenvalue weighted by molar-refractivity contribution is 0.0785. The summed E-state index contributed by atoms with van der Waals surface area (Å²) >= 11 is 0. The number of anilines is 1. The zero-order chi connectivity index (χ0) is 10.8. The second kappa shape index (κ2) is 3.88. The fraction of sp³-hybridized carbons (Fsp3) is 0.455. The Morgan fingerprint density at radius 3 is 2.93 bits per heavy atom. The Morgan fingerprint density at radius 2 is 2.33 bits per heavy atom. The van der Waals surface area contributed by atoms with E-state index in [4.69, 9.17) is 0 Å². The molecule has 0 aromatic carbocycles. The van der Waals surface area contributed by atoms with E-state index in [0.717, 1.165) is 18.7 Å². The van der Waals surface area contributed by atoms with Crippen LogP contribution in [0.3, 0.4) is 0 Å². The van der Waals surface area contributed by atoms with Gasteiger partial charge >= 0.3 is 0 Å². The van der Waals surface area contributed by atoms with E-state index in [1.165, 1.54) is 0 Å². The van der Waals surface area contributed by atoms with Gasteiger partial charge in [0.05, 0.1) is 0 Å². The number of nitrogens with one attached hydrogen (secondary N) is 1. The topological polar surface area (TPSA) is 45.2 Å². The largest absolute Gasteiger partial charge is 0.373 e. The molecule has 2 rings (SSSR count). The van der Waals surface area contributed by atoms with Gasteiger partial charge in [0, 0.05) is 31.9 Å². The van der Waals surface area contributed by atoms with Gasteiger partial charge in [-0.15, -0.1) is 0 Å². The first kappa shape index (κ1) is 9.96. The highest BCUT2D eigenvalue weighted by Crippen LogP contribution is 2.26. The molecule has 0 saturated heterocycles. The van der Waals surface area contributed by atoms with E-state index >= 15 is 0 Å². The molecule has 1 aliphatic rings. The van der Waals surface area contributed by atoms with Gasteiger partial charge < -0.3 is 10.2 Å². The lowest BCUT2D eigenvalue weighted by Crippen LogP contribution is -2.28. The number of carbonyl (C=O) groups excluding carboxylic acids is 1. The standard InChI is InChI=1S/C11H15N3O/c1-12-10-7-8(5-6-13-10)11(15)14(2)9-3-4-9/h5-7,9H,3-4H2,1-2H3,(H,12,13). The van der Waals surface area contributed by atoms with Crippen molar-refractivity contribution in [2.45, 2.75) is 18.9 Å². The Balaban J connectivity index is 2.16. The molecule has 1 aromatic rings. The molecule has 0 spiro atoms. The summed E-state index contributed by atoms with van der Waals surface area (Å²) in [4.78, 5) is 17.9. The van der Waals surface area contributed by atoms with Crippen molar-refractivity contribution in [3.63, 3.8) is 0 Å². The van der Waals surface area contributed by atoms with Crippen LogP contribution in [0, 0.1) is 0 Å². The quantitative estimate of drug-likeness (QED) is 0.810. The Bertz CT molecular complexity index is 374. The molecule has 0 radical (unpaired) electrons. The molecule has 1 N–H and O–H groups in total. The molecule has 80 valence electrons. The van der Waals surface area contributed by atoms with E-state index < -0.39 is 0 Å². The van der Waals surface area contributed by atoms with Crippen LogP contribution in [0.15, 0.2) is 18.3 Å². The summed E-state index contributed by atoms with van der Waals surface area (Å²) in [7, 11) is 3.65. The molecule has 15 heavy (non-hydrogen) atoms. The summed E-state index contributed by atoms with van der Waals surface area (Å²) in [6.45, 7) is 0. The molecule has 0 bridgehead atoms. The van der Waals surface area contributed by atoms with Gasteiger partial charge in [0.15, 0.2) is 0 Å². The van der Waals surface area contributed by atoms with Crippen LogP contribution < -0.4 is 5.32 Å². The number of aromatic nitrogens is 1. The maximum absolute atomic E-state index is 12.0. The van der Waals surface area contributed by atoms with Gasteiger partial charge in [-0.1, -0.05) is 0 Å². The molecular formula is C11H15N3O. The molecule has 1 heterocycles. The maximum atomic E-state index is 12.0. The third-order valence-corrected chi connectivity index (χ3v) is 2.68. The highest BCUT2D eigenvalue weighted by atomic mass is 16.2. The van der Waals surface area contributed by atoms with Crippen molar-refractivity contribution in [1.82, 2.24) is 9.88 Å². The molecule has 0 atom stereocenters. The van der Waals surface area contributed by atoms with Gasteiger partial charge in [0.1, 0.15) is 5.82 Å². The van der Waals surface area contributed by atoms with Crippen LogP contribution in [-0.4, -0.2) is 35.9 Å². The Morgan fingerprint density at radius 1 is 1.60 bits per heavy atom. The lowest BCUT2D eigenvalue weighted by atomic mass is 10.2. The van der Waals surface area contributed by atoms with Crippen molar-refractivity contribution in [3.8, 4) is 0 Å². The second-order valence-electron chi connectivity index (χ2n) is 3.83. The monoisotopic (exact) mass is 205 g/mol. The third kappa shape index (κ3) is 2.09. The van der Waals surface area contributed by atoms with E-state index in [9.17, 15) is 4.79 Å². The van der Waals surface area contributed by atoms with Crippen LogP contribution in [0.25, 0.3) is 0 Å². The van der Waals surface area contributed by atoms with E-state index in [0.29, 0.717) is 11.6 Å². The number of carbonyl (C=O) groups is 1. The van der Waals surface area contributed by atoms with Crippen LogP contribution in [0.5, 0.6) is 0 Å². The van der Waals surface area contributed by atoms with Crippen LogP contribution in [0.4, 0.5) is 5.82 Å². The van der Waals surface area contributed by atoms with Gasteiger partial charge in [-0.3, -0.25) is 4.79 Å². The SMILES string of the molecule is CNc1cc(C(=O)N(C)C2CC2)ccn1. The highest BCUT2D eigenvalue weighted by Gasteiger charge is 2.30. The Labute approximate surface area is 89.3 Å². The molecule has 0 unspecified atom stereocenters. The van der Waals surface area contributed by atoms with Crippen molar-refractivity contribution in [1.29, 1.82) is 0 Å². The minimum absolute atomic E-state index is 0.0800. The van der Waals surface area contributed by atoms with Crippen molar-refractivity contribution >= 4 is 11.7 Å². The smallest absolute Gasteiger partial charge is 0.254 e. The highest BCUT2D eigenvalue weighted by molar-refractivity contribution is 5.95. The van der Waals surface area contributed by atoms with Crippen LogP contribution in [0.1, 0.15) is 23.2 Å². The first-order valence-electron chi connectivity index (χ1n) is 5.13. The van der Waals surface area contributed by atoms with Crippen molar-refractivity contribution in [3.05, 3.63) is 23.9 Å². The van der Waals surface area contributed by atoms with E-state index in [1.54, 1.807) is 25.4 Å². The maximum Gasteiger partial charge on any atom is 0.254 e. The molecule has 1 saturated carbocycles. The average molecular weight is 205 g/mol. The van der Waals surface area contributed by atoms with Crippen molar-refractivity contribution in [2.24, 2.45) is 0 Å². The Kier molecular flexibility index (Phi) is 2.58. The predicted molar refractivity (Wildman–Crippen MR) is 58.9 cm³/mol. The Hall–Kier alpha value is -1.58. The number of nitrogens with zero attached hydrogens (tertiary/aromatic N) is 2. The molecule has 4 nitrogen and oxygen atoms in total. The molecule has 1 amide bonds. The minimum Gasteiger partial charge on any atom is -0.373 e. The van der Waals surface area contributed by atoms with Gasteiger partial charge in [0.25, 0.3) is 5.91 Å². The number of pyridine rings is 1. The summed E-state index contributed by atoms with van der Waals surface area (Å²) in [5.41, 5.74) is 0.698. The van der Waals surface area contributed by atoms with Crippen LogP contribution >= 0.6 is 0 Å². The summed E-state index contributed by atoms with van der Waals surface area (Å²) in [6.07, 6.45) is 3.91.